The molecule has 0 aromatic heterocycles. The molecule has 0 radical (unpaired) electrons. The number of nitrogens with one attached hydrogen (secondary N) is 1. The van der Waals surface area contributed by atoms with Crippen molar-refractivity contribution in [3.8, 4) is 11.5 Å². The van der Waals surface area contributed by atoms with Gasteiger partial charge in [-0.3, -0.25) is 9.10 Å². The van der Waals surface area contributed by atoms with Crippen molar-refractivity contribution in [3.05, 3.63) is 83.4 Å². The van der Waals surface area contributed by atoms with E-state index >= 15 is 0 Å². The van der Waals surface area contributed by atoms with Gasteiger partial charge in [-0.2, -0.15) is 0 Å². The van der Waals surface area contributed by atoms with Gasteiger partial charge in [0.05, 0.1) is 24.2 Å². The van der Waals surface area contributed by atoms with Crippen molar-refractivity contribution in [2.24, 2.45) is 0 Å². The lowest BCUT2D eigenvalue weighted by atomic mass is 10.2. The van der Waals surface area contributed by atoms with E-state index < -0.39 is 22.5 Å². The van der Waals surface area contributed by atoms with Crippen LogP contribution in [-0.2, 0) is 21.2 Å². The molecule has 0 saturated heterocycles. The lowest BCUT2D eigenvalue weighted by Crippen LogP contribution is -2.41. The third-order valence-electron chi connectivity index (χ3n) is 5.06. The zero-order valence-electron chi connectivity index (χ0n) is 19.0. The zero-order valence-corrected chi connectivity index (χ0v) is 20.6. The van der Waals surface area contributed by atoms with Crippen molar-refractivity contribution >= 4 is 33.2 Å². The number of amides is 1. The topological polar surface area (TPSA) is 84.9 Å². The molecule has 0 aliphatic carbocycles. The fourth-order valence-electron chi connectivity index (χ4n) is 3.19. The molecule has 0 saturated carbocycles. The van der Waals surface area contributed by atoms with Crippen molar-refractivity contribution in [3.63, 3.8) is 0 Å². The number of hydrogen-bond donors (Lipinski definition) is 1. The van der Waals surface area contributed by atoms with Crippen LogP contribution < -0.4 is 19.1 Å². The number of carbonyl (C=O) groups excluding carboxylic acids is 1. The molecule has 3 rings (SSSR count). The van der Waals surface area contributed by atoms with E-state index in [9.17, 15) is 13.2 Å². The number of rotatable bonds is 11. The summed E-state index contributed by atoms with van der Waals surface area (Å²) in [6.07, 6.45) is 0.943. The Morgan fingerprint density at radius 2 is 1.68 bits per heavy atom. The van der Waals surface area contributed by atoms with E-state index in [-0.39, 0.29) is 23.7 Å². The average Bonchev–Trinajstić information content (AvgIpc) is 2.85. The van der Waals surface area contributed by atoms with E-state index in [0.29, 0.717) is 16.5 Å². The van der Waals surface area contributed by atoms with Gasteiger partial charge < -0.3 is 14.8 Å². The lowest BCUT2D eigenvalue weighted by Gasteiger charge is -2.24. The third-order valence-corrected chi connectivity index (χ3v) is 7.08. The van der Waals surface area contributed by atoms with Crippen LogP contribution in [-0.4, -0.2) is 41.1 Å². The highest BCUT2D eigenvalue weighted by Gasteiger charge is 2.27. The monoisotopic (exact) mass is 502 g/mol. The maximum Gasteiger partial charge on any atom is 0.264 e. The second kappa shape index (κ2) is 11.8. The van der Waals surface area contributed by atoms with Gasteiger partial charge >= 0.3 is 0 Å². The second-order valence-corrected chi connectivity index (χ2v) is 9.66. The quantitative estimate of drug-likeness (QED) is 0.395. The molecule has 0 heterocycles. The average molecular weight is 503 g/mol. The van der Waals surface area contributed by atoms with Gasteiger partial charge in [-0.1, -0.05) is 36.7 Å². The van der Waals surface area contributed by atoms with E-state index in [2.05, 4.69) is 12.2 Å². The van der Waals surface area contributed by atoms with Gasteiger partial charge in [0.2, 0.25) is 5.91 Å². The third kappa shape index (κ3) is 6.65. The van der Waals surface area contributed by atoms with Gasteiger partial charge in [-0.05, 0) is 66.6 Å². The molecule has 180 valence electrons. The van der Waals surface area contributed by atoms with Crippen LogP contribution in [0.1, 0.15) is 12.5 Å². The van der Waals surface area contributed by atoms with Crippen LogP contribution in [0.25, 0.3) is 0 Å². The molecule has 3 aromatic rings. The molecule has 34 heavy (non-hydrogen) atoms. The molecule has 7 nitrogen and oxygen atoms in total. The number of benzene rings is 3. The number of halogens is 1. The highest BCUT2D eigenvalue weighted by Crippen LogP contribution is 2.27. The molecule has 0 aliphatic rings. The molecular formula is C25H27ClN2O5S. The molecule has 0 aliphatic heterocycles. The first-order chi connectivity index (χ1) is 16.3. The number of ether oxygens (including phenoxy) is 2. The standard InChI is InChI=1S/C25H27ClN2O5S/c1-3-19-7-9-23(10-8-19)33-16-15-27-25(29)18-28(21-6-4-5-20(26)17-21)34(30,31)24-13-11-22(32-2)12-14-24/h4-14,17H,3,15-16,18H2,1-2H3,(H,27,29). The number of carbonyl (C=O) groups is 1. The number of nitrogens with zero attached hydrogens (tertiary/aromatic N) is 1. The highest BCUT2D eigenvalue weighted by atomic mass is 35.5. The molecule has 9 heteroatoms. The van der Waals surface area contributed by atoms with E-state index in [0.717, 1.165) is 10.7 Å². The Morgan fingerprint density at radius 3 is 2.29 bits per heavy atom. The molecule has 0 unspecified atom stereocenters. The Hall–Kier alpha value is -3.23. The SMILES string of the molecule is CCc1ccc(OCCNC(=O)CN(c2cccc(Cl)c2)S(=O)(=O)c2ccc(OC)cc2)cc1. The second-order valence-electron chi connectivity index (χ2n) is 7.36. The van der Waals surface area contributed by atoms with E-state index in [1.54, 1.807) is 30.3 Å². The number of anilines is 1. The maximum absolute atomic E-state index is 13.4. The Labute approximate surface area is 205 Å². The van der Waals surface area contributed by atoms with Crippen LogP contribution in [0.3, 0.4) is 0 Å². The van der Waals surface area contributed by atoms with Crippen molar-refractivity contribution in [1.29, 1.82) is 0 Å². The first-order valence-corrected chi connectivity index (χ1v) is 12.6. The molecule has 3 aromatic carbocycles. The minimum absolute atomic E-state index is 0.0277. The van der Waals surface area contributed by atoms with E-state index in [4.69, 9.17) is 21.1 Å². The number of sulfonamides is 1. The molecular weight excluding hydrogens is 476 g/mol. The lowest BCUT2D eigenvalue weighted by molar-refractivity contribution is -0.119. The Bertz CT molecular complexity index is 1200. The van der Waals surface area contributed by atoms with Crippen LogP contribution in [0, 0.1) is 0 Å². The Balaban J connectivity index is 1.69. The summed E-state index contributed by atoms with van der Waals surface area (Å²) in [4.78, 5) is 12.7. The predicted octanol–water partition coefficient (Wildman–Crippen LogP) is 4.30. The molecule has 0 fully saturated rings. The van der Waals surface area contributed by atoms with Crippen LogP contribution in [0.15, 0.2) is 77.7 Å². The molecule has 1 amide bonds. The van der Waals surface area contributed by atoms with Crippen molar-refractivity contribution in [1.82, 2.24) is 5.32 Å². The first kappa shape index (κ1) is 25.4. The maximum atomic E-state index is 13.4. The van der Waals surface area contributed by atoms with Gasteiger partial charge in [0.1, 0.15) is 24.7 Å². The van der Waals surface area contributed by atoms with E-state index in [1.165, 1.54) is 30.9 Å². The zero-order chi connectivity index (χ0) is 24.6. The van der Waals surface area contributed by atoms with Gasteiger partial charge in [0.15, 0.2) is 0 Å². The van der Waals surface area contributed by atoms with Crippen molar-refractivity contribution in [2.45, 2.75) is 18.2 Å². The number of hydrogen-bond acceptors (Lipinski definition) is 5. The van der Waals surface area contributed by atoms with Gasteiger partial charge in [-0.25, -0.2) is 8.42 Å². The summed E-state index contributed by atoms with van der Waals surface area (Å²) < 4.78 is 38.5. The molecule has 0 spiro atoms. The van der Waals surface area contributed by atoms with Gasteiger partial charge in [0, 0.05) is 5.02 Å². The predicted molar refractivity (Wildman–Crippen MR) is 133 cm³/mol. The summed E-state index contributed by atoms with van der Waals surface area (Å²) in [6, 6.07) is 20.0. The summed E-state index contributed by atoms with van der Waals surface area (Å²) >= 11 is 6.09. The van der Waals surface area contributed by atoms with Crippen molar-refractivity contribution < 1.29 is 22.7 Å². The van der Waals surface area contributed by atoms with Gasteiger partial charge in [-0.15, -0.1) is 0 Å². The summed E-state index contributed by atoms with van der Waals surface area (Å²) in [6.45, 7) is 2.13. The Morgan fingerprint density at radius 1 is 1.00 bits per heavy atom. The fourth-order valence-corrected chi connectivity index (χ4v) is 4.79. The largest absolute Gasteiger partial charge is 0.497 e. The minimum atomic E-state index is -4.04. The van der Waals surface area contributed by atoms with Crippen LogP contribution in [0.2, 0.25) is 5.02 Å². The van der Waals surface area contributed by atoms with E-state index in [1.807, 2.05) is 24.3 Å². The summed E-state index contributed by atoms with van der Waals surface area (Å²) in [7, 11) is -2.55. The summed E-state index contributed by atoms with van der Waals surface area (Å²) in [5.41, 5.74) is 1.49. The van der Waals surface area contributed by atoms with Crippen LogP contribution >= 0.6 is 11.6 Å². The minimum Gasteiger partial charge on any atom is -0.497 e. The number of methoxy groups -OCH3 is 1. The molecule has 1 N–H and O–H groups in total. The van der Waals surface area contributed by atoms with Gasteiger partial charge in [0.25, 0.3) is 10.0 Å². The summed E-state index contributed by atoms with van der Waals surface area (Å²) in [5, 5.41) is 3.07. The van der Waals surface area contributed by atoms with Crippen LogP contribution in [0.5, 0.6) is 11.5 Å². The first-order valence-electron chi connectivity index (χ1n) is 10.7. The normalized spacial score (nSPS) is 11.0. The van der Waals surface area contributed by atoms with Crippen molar-refractivity contribution in [2.75, 3.05) is 31.1 Å². The number of aryl methyl sites for hydroxylation is 1. The Kier molecular flexibility index (Phi) is 8.79. The fraction of sp³-hybridized carbons (Fsp3) is 0.240. The highest BCUT2D eigenvalue weighted by molar-refractivity contribution is 7.92. The summed E-state index contributed by atoms with van der Waals surface area (Å²) in [5.74, 6) is 0.756. The molecule has 0 bridgehead atoms. The molecule has 0 atom stereocenters. The smallest absolute Gasteiger partial charge is 0.264 e. The van der Waals surface area contributed by atoms with Crippen LogP contribution in [0.4, 0.5) is 5.69 Å².